The van der Waals surface area contributed by atoms with Gasteiger partial charge in [-0.25, -0.2) is 4.39 Å². The van der Waals surface area contributed by atoms with Crippen molar-refractivity contribution in [2.24, 2.45) is 0 Å². The molecule has 110 valence electrons. The Morgan fingerprint density at radius 3 is 3.00 bits per heavy atom. The Balaban J connectivity index is 1.80. The lowest BCUT2D eigenvalue weighted by Gasteiger charge is -2.13. The predicted molar refractivity (Wildman–Crippen MR) is 82.8 cm³/mol. The van der Waals surface area contributed by atoms with Gasteiger partial charge in [0.2, 0.25) is 0 Å². The number of nitrogens with one attached hydrogen (secondary N) is 2. The molecule has 0 aliphatic heterocycles. The molecular weight excluding hydrogens is 275 g/mol. The van der Waals surface area contributed by atoms with Crippen molar-refractivity contribution in [1.82, 2.24) is 10.6 Å². The van der Waals surface area contributed by atoms with Gasteiger partial charge in [0.15, 0.2) is 0 Å². The summed E-state index contributed by atoms with van der Waals surface area (Å²) in [5, 5.41) is 7.77. The van der Waals surface area contributed by atoms with Gasteiger partial charge < -0.3 is 15.4 Å². The van der Waals surface area contributed by atoms with Crippen LogP contribution >= 0.6 is 11.3 Å². The molecule has 20 heavy (non-hydrogen) atoms. The highest BCUT2D eigenvalue weighted by Crippen LogP contribution is 2.26. The standard InChI is InChI=1S/C15H21FN2OS/c1-11(9-17-5-6-19-2)18-10-14-8-12-7-13(16)3-4-15(12)20-14/h3-4,7-8,11,17-18H,5-6,9-10H2,1-2H3. The molecule has 2 rings (SSSR count). The molecule has 2 N–H and O–H groups in total. The first kappa shape index (κ1) is 15.4. The number of methoxy groups -OCH3 is 1. The molecule has 0 saturated heterocycles. The fourth-order valence-electron chi connectivity index (χ4n) is 2.00. The molecule has 1 aromatic carbocycles. The third kappa shape index (κ3) is 4.52. The summed E-state index contributed by atoms with van der Waals surface area (Å²) in [4.78, 5) is 1.23. The smallest absolute Gasteiger partial charge is 0.123 e. The van der Waals surface area contributed by atoms with E-state index in [1.807, 2.05) is 6.07 Å². The summed E-state index contributed by atoms with van der Waals surface area (Å²) < 4.78 is 19.3. The lowest BCUT2D eigenvalue weighted by molar-refractivity contribution is 0.198. The zero-order chi connectivity index (χ0) is 14.4. The van der Waals surface area contributed by atoms with Crippen molar-refractivity contribution < 1.29 is 9.13 Å². The van der Waals surface area contributed by atoms with E-state index in [-0.39, 0.29) is 5.82 Å². The number of benzene rings is 1. The second-order valence-corrected chi connectivity index (χ2v) is 6.04. The first-order valence-electron chi connectivity index (χ1n) is 6.80. The minimum Gasteiger partial charge on any atom is -0.383 e. The van der Waals surface area contributed by atoms with E-state index in [1.165, 1.54) is 10.9 Å². The molecular formula is C15H21FN2OS. The highest BCUT2D eigenvalue weighted by atomic mass is 32.1. The van der Waals surface area contributed by atoms with Gasteiger partial charge in [0.25, 0.3) is 0 Å². The predicted octanol–water partition coefficient (Wildman–Crippen LogP) is 2.75. The lowest BCUT2D eigenvalue weighted by atomic mass is 10.2. The maximum atomic E-state index is 13.1. The van der Waals surface area contributed by atoms with Crippen molar-refractivity contribution >= 4 is 21.4 Å². The first-order valence-corrected chi connectivity index (χ1v) is 7.61. The Morgan fingerprint density at radius 2 is 2.20 bits per heavy atom. The lowest BCUT2D eigenvalue weighted by Crippen LogP contribution is -2.36. The quantitative estimate of drug-likeness (QED) is 0.735. The van der Waals surface area contributed by atoms with Crippen molar-refractivity contribution in [1.29, 1.82) is 0 Å². The van der Waals surface area contributed by atoms with E-state index in [0.717, 1.165) is 36.3 Å². The van der Waals surface area contributed by atoms with Crippen molar-refractivity contribution in [2.75, 3.05) is 26.8 Å². The van der Waals surface area contributed by atoms with Gasteiger partial charge in [-0.15, -0.1) is 11.3 Å². The van der Waals surface area contributed by atoms with Gasteiger partial charge in [0.1, 0.15) is 5.82 Å². The van der Waals surface area contributed by atoms with Crippen LogP contribution in [0.15, 0.2) is 24.3 Å². The zero-order valence-corrected chi connectivity index (χ0v) is 12.7. The molecule has 0 fully saturated rings. The van der Waals surface area contributed by atoms with E-state index in [1.54, 1.807) is 24.5 Å². The average Bonchev–Trinajstić information content (AvgIpc) is 2.83. The van der Waals surface area contributed by atoms with Crippen LogP contribution in [0.2, 0.25) is 0 Å². The molecule has 1 aromatic heterocycles. The molecule has 0 aliphatic carbocycles. The maximum absolute atomic E-state index is 13.1. The minimum absolute atomic E-state index is 0.175. The average molecular weight is 296 g/mol. The SMILES string of the molecule is COCCNCC(C)NCc1cc2cc(F)ccc2s1. The van der Waals surface area contributed by atoms with Gasteiger partial charge in [-0.3, -0.25) is 0 Å². The van der Waals surface area contributed by atoms with Gasteiger partial charge in [-0.2, -0.15) is 0 Å². The van der Waals surface area contributed by atoms with Gasteiger partial charge in [-0.05, 0) is 36.6 Å². The number of fused-ring (bicyclic) bond motifs is 1. The Labute approximate surface area is 123 Å². The third-order valence-electron chi connectivity index (χ3n) is 3.09. The van der Waals surface area contributed by atoms with E-state index in [0.29, 0.717) is 6.04 Å². The molecule has 2 aromatic rings. The van der Waals surface area contributed by atoms with Crippen LogP contribution in [0.1, 0.15) is 11.8 Å². The number of thiophene rings is 1. The second kappa shape index (κ2) is 7.69. The van der Waals surface area contributed by atoms with E-state index >= 15 is 0 Å². The summed E-state index contributed by atoms with van der Waals surface area (Å²) in [6.07, 6.45) is 0. The molecule has 0 saturated carbocycles. The molecule has 0 bridgehead atoms. The van der Waals surface area contributed by atoms with Crippen LogP contribution < -0.4 is 10.6 Å². The van der Waals surface area contributed by atoms with E-state index in [9.17, 15) is 4.39 Å². The topological polar surface area (TPSA) is 33.3 Å². The molecule has 0 spiro atoms. The number of hydrogen-bond donors (Lipinski definition) is 2. The third-order valence-corrected chi connectivity index (χ3v) is 4.20. The minimum atomic E-state index is -0.175. The molecule has 1 atom stereocenters. The number of ether oxygens (including phenoxy) is 1. The summed E-state index contributed by atoms with van der Waals surface area (Å²) in [7, 11) is 1.70. The maximum Gasteiger partial charge on any atom is 0.123 e. The molecule has 5 heteroatoms. The Bertz CT molecular complexity index is 544. The number of hydrogen-bond acceptors (Lipinski definition) is 4. The molecule has 0 aliphatic rings. The van der Waals surface area contributed by atoms with Crippen LogP contribution in [0, 0.1) is 5.82 Å². The van der Waals surface area contributed by atoms with E-state index < -0.39 is 0 Å². The summed E-state index contributed by atoms with van der Waals surface area (Å²) >= 11 is 1.71. The van der Waals surface area contributed by atoms with Crippen LogP contribution in [0.3, 0.4) is 0 Å². The normalized spacial score (nSPS) is 12.9. The number of rotatable bonds is 8. The summed E-state index contributed by atoms with van der Waals surface area (Å²) in [6, 6.07) is 7.38. The van der Waals surface area contributed by atoms with Crippen LogP contribution in [0.5, 0.6) is 0 Å². The molecule has 0 amide bonds. The summed E-state index contributed by atoms with van der Waals surface area (Å²) in [6.45, 7) is 5.46. The van der Waals surface area contributed by atoms with E-state index in [2.05, 4.69) is 23.6 Å². The van der Waals surface area contributed by atoms with Gasteiger partial charge >= 0.3 is 0 Å². The Morgan fingerprint density at radius 1 is 1.35 bits per heavy atom. The van der Waals surface area contributed by atoms with E-state index in [4.69, 9.17) is 4.74 Å². The highest BCUT2D eigenvalue weighted by molar-refractivity contribution is 7.19. The molecule has 0 radical (unpaired) electrons. The molecule has 1 heterocycles. The monoisotopic (exact) mass is 296 g/mol. The van der Waals surface area contributed by atoms with Crippen LogP contribution in [-0.2, 0) is 11.3 Å². The largest absolute Gasteiger partial charge is 0.383 e. The first-order chi connectivity index (χ1) is 9.69. The number of halogens is 1. The second-order valence-electron chi connectivity index (χ2n) is 4.87. The Kier molecular flexibility index (Phi) is 5.91. The van der Waals surface area contributed by atoms with Crippen molar-refractivity contribution in [2.45, 2.75) is 19.5 Å². The Hall–Kier alpha value is -1.01. The summed E-state index contributed by atoms with van der Waals surface area (Å²) in [5.41, 5.74) is 0. The fourth-order valence-corrected chi connectivity index (χ4v) is 2.99. The highest BCUT2D eigenvalue weighted by Gasteiger charge is 2.05. The van der Waals surface area contributed by atoms with Crippen LogP contribution in [-0.4, -0.2) is 32.8 Å². The van der Waals surface area contributed by atoms with Crippen LogP contribution in [0.25, 0.3) is 10.1 Å². The summed E-state index contributed by atoms with van der Waals surface area (Å²) in [5.74, 6) is -0.175. The van der Waals surface area contributed by atoms with Crippen molar-refractivity contribution in [3.05, 3.63) is 35.0 Å². The fraction of sp³-hybridized carbons (Fsp3) is 0.467. The van der Waals surface area contributed by atoms with Gasteiger partial charge in [-0.1, -0.05) is 0 Å². The van der Waals surface area contributed by atoms with Gasteiger partial charge in [0, 0.05) is 42.4 Å². The zero-order valence-electron chi connectivity index (χ0n) is 11.9. The van der Waals surface area contributed by atoms with Crippen molar-refractivity contribution in [3.63, 3.8) is 0 Å². The van der Waals surface area contributed by atoms with Crippen molar-refractivity contribution in [3.8, 4) is 0 Å². The molecule has 3 nitrogen and oxygen atoms in total. The van der Waals surface area contributed by atoms with Crippen LogP contribution in [0.4, 0.5) is 4.39 Å². The molecule has 1 unspecified atom stereocenters. The van der Waals surface area contributed by atoms with Gasteiger partial charge in [0.05, 0.1) is 6.61 Å².